The summed E-state index contributed by atoms with van der Waals surface area (Å²) in [6.07, 6.45) is 0. The number of hydrogen-bond donors (Lipinski definition) is 1. The second-order valence-electron chi connectivity index (χ2n) is 5.97. The summed E-state index contributed by atoms with van der Waals surface area (Å²) in [5.41, 5.74) is 2.57. The summed E-state index contributed by atoms with van der Waals surface area (Å²) in [5, 5.41) is 6.86. The van der Waals surface area contributed by atoms with Gasteiger partial charge in [0.15, 0.2) is 0 Å². The van der Waals surface area contributed by atoms with E-state index in [9.17, 15) is 4.79 Å². The number of rotatable bonds is 6. The van der Waals surface area contributed by atoms with E-state index in [4.69, 9.17) is 9.26 Å². The second-order valence-corrected chi connectivity index (χ2v) is 5.97. The number of amides is 1. The summed E-state index contributed by atoms with van der Waals surface area (Å²) in [6, 6.07) is 14.4. The van der Waals surface area contributed by atoms with Crippen molar-refractivity contribution < 1.29 is 14.1 Å². The molecule has 1 heterocycles. The Labute approximate surface area is 152 Å². The molecule has 6 heteroatoms. The van der Waals surface area contributed by atoms with Crippen molar-refractivity contribution in [2.45, 2.75) is 26.8 Å². The molecule has 6 nitrogen and oxygen atoms in total. The van der Waals surface area contributed by atoms with E-state index >= 15 is 0 Å². The van der Waals surface area contributed by atoms with Crippen molar-refractivity contribution in [2.75, 3.05) is 6.61 Å². The maximum atomic E-state index is 12.4. The molecule has 1 N–H and O–H groups in total. The fourth-order valence-corrected chi connectivity index (χ4v) is 2.44. The molecule has 26 heavy (non-hydrogen) atoms. The minimum atomic E-state index is -0.402. The van der Waals surface area contributed by atoms with E-state index < -0.39 is 6.04 Å². The lowest BCUT2D eigenvalue weighted by atomic mass is 10.1. The highest BCUT2D eigenvalue weighted by Gasteiger charge is 2.18. The topological polar surface area (TPSA) is 77.2 Å². The predicted octanol–water partition coefficient (Wildman–Crippen LogP) is 3.93. The number of benzene rings is 2. The quantitative estimate of drug-likeness (QED) is 0.728. The molecule has 0 saturated heterocycles. The van der Waals surface area contributed by atoms with Crippen molar-refractivity contribution >= 4 is 5.91 Å². The summed E-state index contributed by atoms with van der Waals surface area (Å²) >= 11 is 0. The molecule has 0 fully saturated rings. The SMILES string of the molecule is CCOc1ccc(C(=O)NC(C)c2nc(-c3ccc(C)cc3)no2)cc1. The molecule has 0 aliphatic rings. The molecule has 0 aliphatic carbocycles. The van der Waals surface area contributed by atoms with Crippen LogP contribution in [0.3, 0.4) is 0 Å². The first-order valence-electron chi connectivity index (χ1n) is 8.51. The first kappa shape index (κ1) is 17.7. The molecular weight excluding hydrogens is 330 g/mol. The fraction of sp³-hybridized carbons (Fsp3) is 0.250. The Morgan fingerprint density at radius 3 is 2.50 bits per heavy atom. The number of carbonyl (C=O) groups excluding carboxylic acids is 1. The summed E-state index contributed by atoms with van der Waals surface area (Å²) in [4.78, 5) is 16.8. The van der Waals surface area contributed by atoms with Crippen LogP contribution in [-0.2, 0) is 0 Å². The van der Waals surface area contributed by atoms with E-state index in [0.717, 1.165) is 16.9 Å². The maximum Gasteiger partial charge on any atom is 0.251 e. The number of nitrogens with one attached hydrogen (secondary N) is 1. The molecule has 0 spiro atoms. The van der Waals surface area contributed by atoms with Crippen molar-refractivity contribution in [2.24, 2.45) is 0 Å². The highest BCUT2D eigenvalue weighted by atomic mass is 16.5. The van der Waals surface area contributed by atoms with Gasteiger partial charge in [-0.2, -0.15) is 4.98 Å². The molecule has 0 aliphatic heterocycles. The summed E-state index contributed by atoms with van der Waals surface area (Å²) < 4.78 is 10.7. The molecule has 1 unspecified atom stereocenters. The van der Waals surface area contributed by atoms with E-state index in [0.29, 0.717) is 23.9 Å². The van der Waals surface area contributed by atoms with Gasteiger partial charge in [-0.3, -0.25) is 4.79 Å². The number of nitrogens with zero attached hydrogens (tertiary/aromatic N) is 2. The van der Waals surface area contributed by atoms with Gasteiger partial charge in [0, 0.05) is 11.1 Å². The summed E-state index contributed by atoms with van der Waals surface area (Å²) in [7, 11) is 0. The van der Waals surface area contributed by atoms with Crippen LogP contribution in [0.4, 0.5) is 0 Å². The second kappa shape index (κ2) is 7.82. The molecule has 0 radical (unpaired) electrons. The van der Waals surface area contributed by atoms with Gasteiger partial charge in [0.2, 0.25) is 11.7 Å². The van der Waals surface area contributed by atoms with Gasteiger partial charge in [-0.05, 0) is 45.0 Å². The molecular formula is C20H21N3O3. The van der Waals surface area contributed by atoms with Crippen molar-refractivity contribution in [1.82, 2.24) is 15.5 Å². The lowest BCUT2D eigenvalue weighted by molar-refractivity contribution is 0.0932. The molecule has 1 atom stereocenters. The molecule has 134 valence electrons. The van der Waals surface area contributed by atoms with Crippen LogP contribution in [0.2, 0.25) is 0 Å². The van der Waals surface area contributed by atoms with E-state index in [1.807, 2.05) is 38.1 Å². The van der Waals surface area contributed by atoms with Gasteiger partial charge in [0.25, 0.3) is 5.91 Å². The van der Waals surface area contributed by atoms with Crippen LogP contribution < -0.4 is 10.1 Å². The molecule has 2 aromatic carbocycles. The van der Waals surface area contributed by atoms with Crippen molar-refractivity contribution in [3.63, 3.8) is 0 Å². The third-order valence-electron chi connectivity index (χ3n) is 3.90. The van der Waals surface area contributed by atoms with Crippen LogP contribution in [-0.4, -0.2) is 22.7 Å². The standard InChI is InChI=1S/C20H21N3O3/c1-4-25-17-11-9-16(10-12-17)19(24)21-14(3)20-22-18(23-26-20)15-7-5-13(2)6-8-15/h5-12,14H,4H2,1-3H3,(H,21,24). The van der Waals surface area contributed by atoms with Crippen LogP contribution in [0.5, 0.6) is 5.75 Å². The Kier molecular flexibility index (Phi) is 5.31. The van der Waals surface area contributed by atoms with Gasteiger partial charge in [0.05, 0.1) is 6.61 Å². The summed E-state index contributed by atoms with van der Waals surface area (Å²) in [5.74, 6) is 1.38. The van der Waals surface area contributed by atoms with Gasteiger partial charge < -0.3 is 14.6 Å². The fourth-order valence-electron chi connectivity index (χ4n) is 2.44. The third kappa shape index (κ3) is 4.08. The van der Waals surface area contributed by atoms with E-state index in [-0.39, 0.29) is 5.91 Å². The van der Waals surface area contributed by atoms with Crippen LogP contribution >= 0.6 is 0 Å². The molecule has 1 amide bonds. The first-order chi connectivity index (χ1) is 12.6. The predicted molar refractivity (Wildman–Crippen MR) is 98.0 cm³/mol. The highest BCUT2D eigenvalue weighted by Crippen LogP contribution is 2.19. The molecule has 0 bridgehead atoms. The average Bonchev–Trinajstić information content (AvgIpc) is 3.13. The smallest absolute Gasteiger partial charge is 0.251 e. The minimum absolute atomic E-state index is 0.212. The zero-order chi connectivity index (χ0) is 18.5. The number of ether oxygens (including phenoxy) is 1. The van der Waals surface area contributed by atoms with Gasteiger partial charge in [-0.1, -0.05) is 35.0 Å². The Hall–Kier alpha value is -3.15. The monoisotopic (exact) mass is 351 g/mol. The van der Waals surface area contributed by atoms with Crippen LogP contribution in [0.1, 0.15) is 41.7 Å². The zero-order valence-corrected chi connectivity index (χ0v) is 15.0. The Morgan fingerprint density at radius 2 is 1.85 bits per heavy atom. The molecule has 1 aromatic heterocycles. The lowest BCUT2D eigenvalue weighted by Gasteiger charge is -2.10. The van der Waals surface area contributed by atoms with Crippen LogP contribution in [0.25, 0.3) is 11.4 Å². The number of carbonyl (C=O) groups is 1. The minimum Gasteiger partial charge on any atom is -0.494 e. The van der Waals surface area contributed by atoms with E-state index in [1.165, 1.54) is 0 Å². The Balaban J connectivity index is 1.67. The van der Waals surface area contributed by atoms with Gasteiger partial charge in [0.1, 0.15) is 11.8 Å². The first-order valence-corrected chi connectivity index (χ1v) is 8.51. The van der Waals surface area contributed by atoms with Crippen LogP contribution in [0, 0.1) is 6.92 Å². The largest absolute Gasteiger partial charge is 0.494 e. The van der Waals surface area contributed by atoms with Crippen molar-refractivity contribution in [3.8, 4) is 17.1 Å². The van der Waals surface area contributed by atoms with Gasteiger partial charge >= 0.3 is 0 Å². The number of aryl methyl sites for hydroxylation is 1. The zero-order valence-electron chi connectivity index (χ0n) is 15.0. The molecule has 0 saturated carbocycles. The van der Waals surface area contributed by atoms with Crippen molar-refractivity contribution in [1.29, 1.82) is 0 Å². The number of hydrogen-bond acceptors (Lipinski definition) is 5. The van der Waals surface area contributed by atoms with Crippen molar-refractivity contribution in [3.05, 3.63) is 65.5 Å². The van der Waals surface area contributed by atoms with Gasteiger partial charge in [-0.25, -0.2) is 0 Å². The van der Waals surface area contributed by atoms with E-state index in [1.54, 1.807) is 31.2 Å². The normalized spacial score (nSPS) is 11.8. The summed E-state index contributed by atoms with van der Waals surface area (Å²) in [6.45, 7) is 6.32. The average molecular weight is 351 g/mol. The van der Waals surface area contributed by atoms with E-state index in [2.05, 4.69) is 15.5 Å². The highest BCUT2D eigenvalue weighted by molar-refractivity contribution is 5.94. The van der Waals surface area contributed by atoms with Crippen LogP contribution in [0.15, 0.2) is 53.1 Å². The third-order valence-corrected chi connectivity index (χ3v) is 3.90. The molecule has 3 aromatic rings. The maximum absolute atomic E-state index is 12.4. The Morgan fingerprint density at radius 1 is 1.15 bits per heavy atom. The molecule has 3 rings (SSSR count). The van der Waals surface area contributed by atoms with Gasteiger partial charge in [-0.15, -0.1) is 0 Å². The lowest BCUT2D eigenvalue weighted by Crippen LogP contribution is -2.26. The Bertz CT molecular complexity index is 870. The number of aromatic nitrogens is 2.